The molecule has 7 fully saturated rings. The van der Waals surface area contributed by atoms with Crippen LogP contribution < -0.4 is 28.3 Å². The van der Waals surface area contributed by atoms with E-state index in [1.165, 1.54) is 0 Å². The number of nitrogens with zero attached hydrogens (tertiary/aromatic N) is 20. The van der Waals surface area contributed by atoms with E-state index in [-0.39, 0.29) is 73.2 Å². The second-order valence-corrected chi connectivity index (χ2v) is 30.2. The van der Waals surface area contributed by atoms with Gasteiger partial charge in [-0.05, 0) is 129 Å². The molecule has 7 saturated heterocycles. The summed E-state index contributed by atoms with van der Waals surface area (Å²) < 4.78 is 0. The SMILES string of the molecule is N#Cc1ccccc1CN1C(=O)N2CC=CN=C2N=C1N1CCC[C@@H](N)C1.N#Cc1ccccc1CN1C(=O)N2CCCCC2N=C1N1CCC[C@@H](N)C1.N#Cc1ccccc1CN1C(=O)N2CCNCC2N=C1N1CCC[C@@H](N)C1.N#Cc1ccccc1CN1C(=O)N2CCSCC2C=C1N1CCC[C@@H](N)C1. The van der Waals surface area contributed by atoms with E-state index in [0.29, 0.717) is 92.5 Å². The minimum atomic E-state index is -0.185. The number of nitrogens with one attached hydrogen (secondary N) is 1. The maximum atomic E-state index is 13.4. The first kappa shape index (κ1) is 75.7. The number of guanidine groups is 4. The van der Waals surface area contributed by atoms with Gasteiger partial charge in [0.1, 0.15) is 18.2 Å². The highest BCUT2D eigenvalue weighted by Crippen LogP contribution is 2.34. The minimum Gasteiger partial charge on any atom is -0.357 e. The van der Waals surface area contributed by atoms with Gasteiger partial charge >= 0.3 is 24.1 Å². The lowest BCUT2D eigenvalue weighted by Gasteiger charge is -2.47. The summed E-state index contributed by atoms with van der Waals surface area (Å²) in [5.41, 5.74) is 30.4. The number of rotatable bonds is 9. The van der Waals surface area contributed by atoms with Gasteiger partial charge < -0.3 is 57.7 Å². The lowest BCUT2D eigenvalue weighted by molar-refractivity contribution is 0.113. The summed E-state index contributed by atoms with van der Waals surface area (Å²) in [7, 11) is 0. The number of benzene rings is 4. The number of carbonyl (C=O) groups excluding carboxylic acids is 4. The number of thioether (sulfide) groups is 1. The molecule has 4 aromatic rings. The zero-order valence-electron chi connectivity index (χ0n) is 61.2. The van der Waals surface area contributed by atoms with Gasteiger partial charge in [-0.25, -0.2) is 34.2 Å². The number of hydrogen-bond donors (Lipinski definition) is 5. The van der Waals surface area contributed by atoms with Crippen LogP contribution in [0.1, 0.15) is 115 Å². The quantitative estimate of drug-likeness (QED) is 0.124. The van der Waals surface area contributed by atoms with Gasteiger partial charge in [-0.15, -0.1) is 0 Å². The van der Waals surface area contributed by atoms with Crippen LogP contribution in [0.2, 0.25) is 0 Å². The Bertz CT molecular complexity index is 4010. The maximum absolute atomic E-state index is 13.4. The van der Waals surface area contributed by atoms with E-state index in [0.717, 1.165) is 175 Å². The number of hydrogen-bond acceptors (Lipinski definition) is 22. The van der Waals surface area contributed by atoms with Gasteiger partial charge in [0.2, 0.25) is 23.8 Å². The van der Waals surface area contributed by atoms with Crippen molar-refractivity contribution in [3.05, 3.63) is 166 Å². The fourth-order valence-corrected chi connectivity index (χ4v) is 16.9. The summed E-state index contributed by atoms with van der Waals surface area (Å²) in [5, 5.41) is 41.0. The predicted octanol–water partition coefficient (Wildman–Crippen LogP) is 6.22. The second kappa shape index (κ2) is 35.4. The molecular formula is C78H97N25O4S. The van der Waals surface area contributed by atoms with E-state index in [4.69, 9.17) is 32.9 Å². The normalized spacial score (nSPS) is 24.8. The van der Waals surface area contributed by atoms with Crippen LogP contribution in [0.3, 0.4) is 0 Å². The van der Waals surface area contributed by atoms with Crippen LogP contribution in [0.25, 0.3) is 0 Å². The minimum absolute atomic E-state index is 0.00316. The Morgan fingerprint density at radius 3 is 1.40 bits per heavy atom. The molecule has 108 heavy (non-hydrogen) atoms. The molecule has 0 saturated carbocycles. The molecule has 12 heterocycles. The molecule has 12 aliphatic rings. The molecule has 4 aromatic carbocycles. The molecule has 16 rings (SSSR count). The van der Waals surface area contributed by atoms with E-state index in [1.807, 2.05) is 116 Å². The number of carbonyl (C=O) groups is 4. The average Bonchev–Trinajstić information content (AvgIpc) is 0.790. The van der Waals surface area contributed by atoms with Gasteiger partial charge in [-0.3, -0.25) is 29.4 Å². The first-order chi connectivity index (χ1) is 52.7. The Kier molecular flexibility index (Phi) is 24.8. The summed E-state index contributed by atoms with van der Waals surface area (Å²) in [4.78, 5) is 94.8. The largest absolute Gasteiger partial charge is 0.357 e. The van der Waals surface area contributed by atoms with Crippen molar-refractivity contribution in [1.82, 2.24) is 64.1 Å². The van der Waals surface area contributed by atoms with Crippen molar-refractivity contribution in [3.63, 3.8) is 0 Å². The number of nitriles is 4. The Balaban J connectivity index is 0.000000127. The molecule has 0 bridgehead atoms. The molecule has 0 aromatic heterocycles. The van der Waals surface area contributed by atoms with E-state index < -0.39 is 0 Å². The van der Waals surface area contributed by atoms with Crippen LogP contribution in [-0.4, -0.2) is 252 Å². The van der Waals surface area contributed by atoms with Gasteiger partial charge in [0.15, 0.2) is 0 Å². The number of urea groups is 4. The molecule has 0 radical (unpaired) electrons. The summed E-state index contributed by atoms with van der Waals surface area (Å²) in [6, 6.07) is 39.0. The number of amides is 8. The molecule has 9 N–H and O–H groups in total. The third kappa shape index (κ3) is 17.4. The highest BCUT2D eigenvalue weighted by atomic mass is 32.2. The average molecular weight is 1480 g/mol. The first-order valence-corrected chi connectivity index (χ1v) is 39.1. The Morgan fingerprint density at radius 1 is 0.463 bits per heavy atom. The number of piperazine rings is 1. The fraction of sp³-hybridized carbons (Fsp3) is 0.487. The molecule has 29 nitrogen and oxygen atoms in total. The van der Waals surface area contributed by atoms with Crippen LogP contribution in [0, 0.1) is 45.3 Å². The van der Waals surface area contributed by atoms with E-state index in [1.54, 1.807) is 44.0 Å². The van der Waals surface area contributed by atoms with Crippen LogP contribution in [-0.2, 0) is 26.2 Å². The third-order valence-electron chi connectivity index (χ3n) is 21.5. The first-order valence-electron chi connectivity index (χ1n) is 37.9. The van der Waals surface area contributed by atoms with E-state index in [2.05, 4.69) is 65.3 Å². The maximum Gasteiger partial charge on any atom is 0.334 e. The van der Waals surface area contributed by atoms with Crippen molar-refractivity contribution in [2.24, 2.45) is 42.9 Å². The van der Waals surface area contributed by atoms with Gasteiger partial charge in [-0.1, -0.05) is 72.8 Å². The molecule has 0 aliphatic carbocycles. The van der Waals surface area contributed by atoms with E-state index >= 15 is 0 Å². The third-order valence-corrected chi connectivity index (χ3v) is 22.6. The zero-order chi connectivity index (χ0) is 75.2. The molecule has 8 amide bonds. The molecule has 564 valence electrons. The number of aliphatic imine (C=N–C) groups is 4. The zero-order valence-corrected chi connectivity index (χ0v) is 62.0. The Hall–Kier alpha value is -10.6. The van der Waals surface area contributed by atoms with Gasteiger partial charge in [0.25, 0.3) is 0 Å². The summed E-state index contributed by atoms with van der Waals surface area (Å²) in [6.07, 6.45) is 16.5. The molecule has 30 heteroatoms. The lowest BCUT2D eigenvalue weighted by Crippen LogP contribution is -2.64. The Morgan fingerprint density at radius 2 is 0.898 bits per heavy atom. The summed E-state index contributed by atoms with van der Waals surface area (Å²) in [6.45, 7) is 11.7. The topological polar surface area (TPSA) is 368 Å². The Labute approximate surface area is 636 Å². The molecule has 0 spiro atoms. The van der Waals surface area contributed by atoms with Crippen LogP contribution in [0.4, 0.5) is 19.2 Å². The monoisotopic (exact) mass is 1480 g/mol. The second-order valence-electron chi connectivity index (χ2n) is 29.0. The lowest BCUT2D eigenvalue weighted by atomic mass is 10.0. The van der Waals surface area contributed by atoms with Crippen molar-refractivity contribution in [2.45, 2.75) is 139 Å². The fourth-order valence-electron chi connectivity index (χ4n) is 15.9. The van der Waals surface area contributed by atoms with Gasteiger partial charge in [0.05, 0.1) is 85.3 Å². The molecule has 3 unspecified atom stereocenters. The highest BCUT2D eigenvalue weighted by molar-refractivity contribution is 7.99. The van der Waals surface area contributed by atoms with Crippen LogP contribution >= 0.6 is 11.8 Å². The van der Waals surface area contributed by atoms with Crippen molar-refractivity contribution in [2.75, 3.05) is 103 Å². The van der Waals surface area contributed by atoms with Gasteiger partial charge in [-0.2, -0.15) is 37.8 Å². The number of piperidine rings is 5. The van der Waals surface area contributed by atoms with Crippen molar-refractivity contribution in [1.29, 1.82) is 21.0 Å². The summed E-state index contributed by atoms with van der Waals surface area (Å²) in [5.74, 6) is 5.26. The highest BCUT2D eigenvalue weighted by Gasteiger charge is 2.44. The predicted molar refractivity (Wildman–Crippen MR) is 413 cm³/mol. The number of nitrogens with two attached hydrogens (primary N) is 4. The molecular weight excluding hydrogens is 1380 g/mol. The van der Waals surface area contributed by atoms with E-state index in [9.17, 15) is 40.2 Å². The number of likely N-dealkylation sites (tertiary alicyclic amines) is 4. The molecule has 12 aliphatic heterocycles. The van der Waals surface area contributed by atoms with Crippen molar-refractivity contribution in [3.8, 4) is 24.3 Å². The summed E-state index contributed by atoms with van der Waals surface area (Å²) >= 11 is 1.90. The van der Waals surface area contributed by atoms with Crippen molar-refractivity contribution < 1.29 is 19.2 Å². The van der Waals surface area contributed by atoms with Crippen LogP contribution in [0.15, 0.2) is 141 Å². The van der Waals surface area contributed by atoms with Crippen LogP contribution in [0.5, 0.6) is 0 Å². The smallest absolute Gasteiger partial charge is 0.334 e. The molecule has 7 atom stereocenters. The standard InChI is InChI=1S/C20H26N6O.C20H25N5OS.C19H21N7O.C19H25N7O/c21-12-15-6-1-2-7-16(15)13-26-19(24-10-5-8-17(22)14-24)23-18-9-3-4-11-25(18)20(26)27;21-11-15-4-1-2-5-16(15)12-25-19(23-7-3-6-17(22)13-23)10-18-14-27-9-8-24(18)20(25)26;20-11-14-5-1-2-6-15(14)12-26-18(24-9-3-7-16(21)13-24)23-17-22-8-4-10-25(17)19(26)27;20-10-14-4-1-2-5-15(14)12-26-18(24-8-3-6-16(21)13-24)23-17-11-22-7-9-25(17)19(26)27/h1-2,6-7,17-18H,3-5,8-11,13-14,22H2;1-2,4-5,10,17-18H,3,6-9,12-14,22H2;1-2,4-6,8,16H,3,7,9-10,12-13,21H2;1-2,4-5,16-17,22H,3,6-9,11-13,21H2/t2*17-,18?;16-;16-,17?/m1111/s1. The van der Waals surface area contributed by atoms with Gasteiger partial charge in [0, 0.05) is 127 Å². The number of fused-ring (bicyclic) bond motifs is 4. The van der Waals surface area contributed by atoms with Crippen molar-refractivity contribution >= 4 is 59.7 Å².